The van der Waals surface area contributed by atoms with Crippen LogP contribution in [0.1, 0.15) is 23.7 Å². The van der Waals surface area contributed by atoms with Crippen molar-refractivity contribution in [2.75, 3.05) is 19.8 Å². The Morgan fingerprint density at radius 1 is 1.11 bits per heavy atom. The maximum absolute atomic E-state index is 11.9. The highest BCUT2D eigenvalue weighted by Gasteiger charge is 2.18. The van der Waals surface area contributed by atoms with Crippen molar-refractivity contribution in [3.05, 3.63) is 48.0 Å². The topological polar surface area (TPSA) is 77.9 Å². The summed E-state index contributed by atoms with van der Waals surface area (Å²) in [6, 6.07) is 12.5. The van der Waals surface area contributed by atoms with Gasteiger partial charge in [0.1, 0.15) is 5.75 Å². The number of benzene rings is 2. The number of hydrogen-bond acceptors (Lipinski definition) is 5. The third kappa shape index (κ3) is 3.38. The molecule has 0 saturated carbocycles. The van der Waals surface area contributed by atoms with Crippen LogP contribution in [0.5, 0.6) is 17.2 Å². The minimum atomic E-state index is -1.01. The fourth-order valence-corrected chi connectivity index (χ4v) is 3.10. The number of hydrogen-bond donors (Lipinski definition) is 1. The molecule has 0 atom stereocenters. The number of fused-ring (bicyclic) bond motifs is 2. The van der Waals surface area contributed by atoms with Crippen molar-refractivity contribution in [3.8, 4) is 28.5 Å². The van der Waals surface area contributed by atoms with Gasteiger partial charge in [-0.05, 0) is 43.3 Å². The predicted molar refractivity (Wildman–Crippen MR) is 101 cm³/mol. The first-order valence-corrected chi connectivity index (χ1v) is 8.86. The molecule has 2 aromatic carbocycles. The van der Waals surface area contributed by atoms with E-state index in [0.717, 1.165) is 17.7 Å². The van der Waals surface area contributed by atoms with Gasteiger partial charge in [0.2, 0.25) is 0 Å². The molecule has 27 heavy (non-hydrogen) atoms. The number of carboxylic acid groups (broad SMARTS) is 1. The lowest BCUT2D eigenvalue weighted by Gasteiger charge is -2.12. The first-order chi connectivity index (χ1) is 13.2. The number of rotatable bonds is 4. The minimum absolute atomic E-state index is 0.180. The van der Waals surface area contributed by atoms with Gasteiger partial charge in [-0.1, -0.05) is 0 Å². The molecule has 1 aromatic heterocycles. The average molecular weight is 365 g/mol. The van der Waals surface area contributed by atoms with Crippen LogP contribution in [-0.2, 0) is 0 Å². The molecule has 6 nitrogen and oxygen atoms in total. The molecule has 0 spiro atoms. The smallest absolute Gasteiger partial charge is 0.336 e. The molecule has 2 heterocycles. The van der Waals surface area contributed by atoms with Crippen LogP contribution in [0, 0.1) is 0 Å². The third-order valence-corrected chi connectivity index (χ3v) is 4.37. The Bertz CT molecular complexity index is 998. The van der Waals surface area contributed by atoms with Crippen molar-refractivity contribution >= 4 is 16.9 Å². The Kier molecular flexibility index (Phi) is 4.54. The van der Waals surface area contributed by atoms with Gasteiger partial charge in [0.15, 0.2) is 11.5 Å². The second kappa shape index (κ2) is 7.15. The number of aromatic nitrogens is 1. The van der Waals surface area contributed by atoms with Gasteiger partial charge in [-0.25, -0.2) is 9.78 Å². The Morgan fingerprint density at radius 2 is 1.81 bits per heavy atom. The molecule has 0 amide bonds. The summed E-state index contributed by atoms with van der Waals surface area (Å²) in [5.74, 6) is 0.895. The van der Waals surface area contributed by atoms with Gasteiger partial charge in [-0.2, -0.15) is 0 Å². The summed E-state index contributed by atoms with van der Waals surface area (Å²) in [6.45, 7) is 3.61. The van der Waals surface area contributed by atoms with Gasteiger partial charge in [-0.3, -0.25) is 0 Å². The largest absolute Gasteiger partial charge is 0.494 e. The SMILES string of the molecule is CCOc1ccc(-c2cc(C(=O)O)c3cc4c(cc3n2)OCCCO4)cc1. The minimum Gasteiger partial charge on any atom is -0.494 e. The van der Waals surface area contributed by atoms with E-state index in [1.807, 2.05) is 31.2 Å². The maximum atomic E-state index is 11.9. The average Bonchev–Trinajstić information content (AvgIpc) is 2.91. The number of carboxylic acids is 1. The zero-order valence-corrected chi connectivity index (χ0v) is 14.9. The quantitative estimate of drug-likeness (QED) is 0.748. The van der Waals surface area contributed by atoms with Crippen molar-refractivity contribution in [2.24, 2.45) is 0 Å². The highest BCUT2D eigenvalue weighted by Crippen LogP contribution is 2.36. The van der Waals surface area contributed by atoms with Crippen molar-refractivity contribution < 1.29 is 24.1 Å². The van der Waals surface area contributed by atoms with Crippen LogP contribution < -0.4 is 14.2 Å². The third-order valence-electron chi connectivity index (χ3n) is 4.37. The van der Waals surface area contributed by atoms with Crippen molar-refractivity contribution in [1.82, 2.24) is 4.98 Å². The molecule has 0 unspecified atom stereocenters. The molecule has 6 heteroatoms. The molecule has 0 bridgehead atoms. The lowest BCUT2D eigenvalue weighted by molar-refractivity contribution is 0.0699. The lowest BCUT2D eigenvalue weighted by atomic mass is 10.0. The standard InChI is InChI=1S/C21H19NO5/c1-2-25-14-6-4-13(5-7-14)17-10-16(21(23)24)15-11-19-20(12-18(15)22-17)27-9-3-8-26-19/h4-7,10-12H,2-3,8-9H2,1H3,(H,23,24). The van der Waals surface area contributed by atoms with Gasteiger partial charge >= 0.3 is 5.97 Å². The fraction of sp³-hybridized carbons (Fsp3) is 0.238. The molecule has 0 radical (unpaired) electrons. The van der Waals surface area contributed by atoms with Crippen molar-refractivity contribution in [1.29, 1.82) is 0 Å². The number of pyridine rings is 1. The Hall–Kier alpha value is -3.28. The molecular weight excluding hydrogens is 346 g/mol. The predicted octanol–water partition coefficient (Wildman–Crippen LogP) is 4.16. The van der Waals surface area contributed by atoms with E-state index < -0.39 is 5.97 Å². The maximum Gasteiger partial charge on any atom is 0.336 e. The van der Waals surface area contributed by atoms with E-state index in [2.05, 4.69) is 4.98 Å². The van der Waals surface area contributed by atoms with E-state index in [0.29, 0.717) is 47.9 Å². The molecule has 0 saturated heterocycles. The van der Waals surface area contributed by atoms with E-state index in [1.165, 1.54) is 0 Å². The summed E-state index contributed by atoms with van der Waals surface area (Å²) < 4.78 is 16.9. The zero-order valence-electron chi connectivity index (χ0n) is 14.9. The fourth-order valence-electron chi connectivity index (χ4n) is 3.10. The summed E-state index contributed by atoms with van der Waals surface area (Å²) in [7, 11) is 0. The summed E-state index contributed by atoms with van der Waals surface area (Å²) in [5.41, 5.74) is 2.13. The summed E-state index contributed by atoms with van der Waals surface area (Å²) in [6.07, 6.45) is 0.779. The van der Waals surface area contributed by atoms with Gasteiger partial charge in [-0.15, -0.1) is 0 Å². The summed E-state index contributed by atoms with van der Waals surface area (Å²) in [5, 5.41) is 10.2. The van der Waals surface area contributed by atoms with Crippen molar-refractivity contribution in [3.63, 3.8) is 0 Å². The highest BCUT2D eigenvalue weighted by atomic mass is 16.5. The van der Waals surface area contributed by atoms with Crippen LogP contribution in [0.2, 0.25) is 0 Å². The Labute approximate surface area is 156 Å². The zero-order chi connectivity index (χ0) is 18.8. The molecule has 1 aliphatic rings. The normalized spacial score (nSPS) is 13.2. The van der Waals surface area contributed by atoms with Gasteiger partial charge in [0, 0.05) is 23.4 Å². The highest BCUT2D eigenvalue weighted by molar-refractivity contribution is 6.04. The molecule has 138 valence electrons. The van der Waals surface area contributed by atoms with Crippen molar-refractivity contribution in [2.45, 2.75) is 13.3 Å². The van der Waals surface area contributed by atoms with Gasteiger partial charge in [0.25, 0.3) is 0 Å². The Morgan fingerprint density at radius 3 is 2.48 bits per heavy atom. The molecule has 3 aromatic rings. The van der Waals surface area contributed by atoms with E-state index in [-0.39, 0.29) is 5.56 Å². The number of aromatic carboxylic acids is 1. The summed E-state index contributed by atoms with van der Waals surface area (Å²) >= 11 is 0. The Balaban J connectivity index is 1.85. The van der Waals surface area contributed by atoms with Crippen LogP contribution in [0.3, 0.4) is 0 Å². The molecule has 1 aliphatic heterocycles. The summed E-state index contributed by atoms with van der Waals surface area (Å²) in [4.78, 5) is 16.5. The van der Waals surface area contributed by atoms with Crippen LogP contribution >= 0.6 is 0 Å². The van der Waals surface area contributed by atoms with Crippen LogP contribution in [0.4, 0.5) is 0 Å². The van der Waals surface area contributed by atoms with Crippen LogP contribution in [0.15, 0.2) is 42.5 Å². The second-order valence-corrected chi connectivity index (χ2v) is 6.18. The second-order valence-electron chi connectivity index (χ2n) is 6.18. The molecule has 0 aliphatic carbocycles. The number of carbonyl (C=O) groups is 1. The van der Waals surface area contributed by atoms with Crippen LogP contribution in [0.25, 0.3) is 22.2 Å². The van der Waals surface area contributed by atoms with E-state index in [9.17, 15) is 9.90 Å². The van der Waals surface area contributed by atoms with Crippen LogP contribution in [-0.4, -0.2) is 35.9 Å². The van der Waals surface area contributed by atoms with E-state index >= 15 is 0 Å². The number of nitrogens with zero attached hydrogens (tertiary/aromatic N) is 1. The molecular formula is C21H19NO5. The first-order valence-electron chi connectivity index (χ1n) is 8.86. The first kappa shape index (κ1) is 17.1. The number of ether oxygens (including phenoxy) is 3. The molecule has 4 rings (SSSR count). The molecule has 0 fully saturated rings. The molecule has 1 N–H and O–H groups in total. The van der Waals surface area contributed by atoms with E-state index in [1.54, 1.807) is 18.2 Å². The van der Waals surface area contributed by atoms with Gasteiger partial charge < -0.3 is 19.3 Å². The van der Waals surface area contributed by atoms with E-state index in [4.69, 9.17) is 14.2 Å². The van der Waals surface area contributed by atoms with Gasteiger partial charge in [0.05, 0.1) is 36.6 Å². The lowest BCUT2D eigenvalue weighted by Crippen LogP contribution is -2.01. The monoisotopic (exact) mass is 365 g/mol.